The fraction of sp³-hybridized carbons (Fsp3) is 0. The van der Waals surface area contributed by atoms with Crippen LogP contribution in [0.4, 0.5) is 0 Å². The van der Waals surface area contributed by atoms with E-state index in [2.05, 4.69) is 15.9 Å². The monoisotopic (exact) mass is 248 g/mol. The summed E-state index contributed by atoms with van der Waals surface area (Å²) in [6.45, 7) is 0. The lowest BCUT2D eigenvalue weighted by atomic mass is 10.4. The maximum atomic E-state index is 11.1. The molecule has 0 spiro atoms. The van der Waals surface area contributed by atoms with Crippen molar-refractivity contribution in [2.75, 3.05) is 0 Å². The van der Waals surface area contributed by atoms with Gasteiger partial charge in [-0.1, -0.05) is 15.9 Å². The second-order valence-electron chi connectivity index (χ2n) is 2.14. The van der Waals surface area contributed by atoms with Crippen LogP contribution in [0, 0.1) is 5.88 Å². The smallest absolute Gasteiger partial charge is 0.196 e. The van der Waals surface area contributed by atoms with Crippen molar-refractivity contribution in [3.63, 3.8) is 0 Å². The van der Waals surface area contributed by atoms with E-state index in [-0.39, 0.29) is 4.90 Å². The van der Waals surface area contributed by atoms with Crippen molar-refractivity contribution in [1.82, 2.24) is 0 Å². The molecule has 0 aliphatic heterocycles. The van der Waals surface area contributed by atoms with Gasteiger partial charge in [0.25, 0.3) is 0 Å². The van der Waals surface area contributed by atoms with Crippen LogP contribution in [-0.4, -0.2) is 8.42 Å². The van der Waals surface area contributed by atoms with Crippen LogP contribution in [0.1, 0.15) is 0 Å². The van der Waals surface area contributed by atoms with Crippen LogP contribution in [0.3, 0.4) is 0 Å². The van der Waals surface area contributed by atoms with E-state index in [9.17, 15) is 8.42 Å². The Morgan fingerprint density at radius 3 is 2.17 bits per heavy atom. The van der Waals surface area contributed by atoms with Gasteiger partial charge in [-0.15, -0.1) is 0 Å². The number of hydrogen-bond donors (Lipinski definition) is 1. The van der Waals surface area contributed by atoms with Crippen LogP contribution in [0.5, 0.6) is 0 Å². The lowest BCUT2D eigenvalue weighted by Gasteiger charge is -1.99. The highest BCUT2D eigenvalue weighted by molar-refractivity contribution is 9.10. The predicted molar refractivity (Wildman–Crippen MR) is 49.8 cm³/mol. The van der Waals surface area contributed by atoms with Gasteiger partial charge in [0.05, 0.1) is 4.90 Å². The van der Waals surface area contributed by atoms with E-state index >= 15 is 0 Å². The quantitative estimate of drug-likeness (QED) is 0.859. The van der Waals surface area contributed by atoms with Crippen LogP contribution >= 0.6 is 15.9 Å². The predicted octanol–water partition coefficient (Wildman–Crippen LogP) is 1.30. The first-order valence-electron chi connectivity index (χ1n) is 3.12. The molecule has 0 heterocycles. The molecule has 2 N–H and O–H groups in total. The SMILES string of the molecule is N[CH]S(=O)(=O)c1ccc(Br)cc1. The summed E-state index contributed by atoms with van der Waals surface area (Å²) in [5, 5.41) is 0. The van der Waals surface area contributed by atoms with Gasteiger partial charge in [0.2, 0.25) is 0 Å². The molecule has 0 saturated heterocycles. The average Bonchev–Trinajstić information content (AvgIpc) is 2.05. The zero-order valence-electron chi connectivity index (χ0n) is 6.07. The first-order chi connectivity index (χ1) is 5.56. The minimum Gasteiger partial charge on any atom is -0.313 e. The van der Waals surface area contributed by atoms with E-state index in [1.807, 2.05) is 0 Å². The van der Waals surface area contributed by atoms with E-state index in [1.54, 1.807) is 12.1 Å². The number of sulfone groups is 1. The van der Waals surface area contributed by atoms with Crippen LogP contribution in [0.2, 0.25) is 0 Å². The van der Waals surface area contributed by atoms with E-state index in [1.165, 1.54) is 12.1 Å². The van der Waals surface area contributed by atoms with Gasteiger partial charge in [-0.05, 0) is 24.3 Å². The summed E-state index contributed by atoms with van der Waals surface area (Å²) in [5.41, 5.74) is 4.95. The Balaban J connectivity index is 3.14. The number of nitrogens with two attached hydrogens (primary N) is 1. The van der Waals surface area contributed by atoms with Crippen molar-refractivity contribution in [3.05, 3.63) is 34.6 Å². The summed E-state index contributed by atoms with van der Waals surface area (Å²) in [6.07, 6.45) is 0. The third-order valence-electron chi connectivity index (χ3n) is 1.32. The standard InChI is InChI=1S/C7H7BrNO2S/c8-6-1-3-7(4-2-6)12(10,11)5-9/h1-5H,9H2. The minimum absolute atomic E-state index is 0.202. The first kappa shape index (κ1) is 9.70. The van der Waals surface area contributed by atoms with E-state index in [4.69, 9.17) is 5.73 Å². The van der Waals surface area contributed by atoms with Gasteiger partial charge < -0.3 is 5.73 Å². The van der Waals surface area contributed by atoms with Crippen molar-refractivity contribution in [1.29, 1.82) is 0 Å². The molecular weight excluding hydrogens is 242 g/mol. The van der Waals surface area contributed by atoms with Gasteiger partial charge in [0.1, 0.15) is 5.88 Å². The molecule has 0 atom stereocenters. The molecule has 1 aromatic carbocycles. The Hall–Kier alpha value is -0.390. The summed E-state index contributed by atoms with van der Waals surface area (Å²) in [6, 6.07) is 6.28. The third-order valence-corrected chi connectivity index (χ3v) is 3.14. The van der Waals surface area contributed by atoms with Crippen molar-refractivity contribution in [2.45, 2.75) is 4.90 Å². The Morgan fingerprint density at radius 1 is 1.25 bits per heavy atom. The molecule has 0 fully saturated rings. The Morgan fingerprint density at radius 2 is 1.75 bits per heavy atom. The number of benzene rings is 1. The van der Waals surface area contributed by atoms with Crippen LogP contribution in [-0.2, 0) is 9.84 Å². The molecule has 0 aliphatic rings. The molecule has 0 unspecified atom stereocenters. The second kappa shape index (κ2) is 3.55. The largest absolute Gasteiger partial charge is 0.313 e. The molecule has 1 radical (unpaired) electrons. The van der Waals surface area contributed by atoms with Crippen molar-refractivity contribution in [3.8, 4) is 0 Å². The fourth-order valence-corrected chi connectivity index (χ4v) is 1.64. The van der Waals surface area contributed by atoms with E-state index < -0.39 is 9.84 Å². The summed E-state index contributed by atoms with van der Waals surface area (Å²) < 4.78 is 23.1. The zero-order valence-corrected chi connectivity index (χ0v) is 8.47. The molecule has 0 aliphatic carbocycles. The first-order valence-corrected chi connectivity index (χ1v) is 5.46. The Labute approximate surface area is 79.6 Å². The number of halogens is 1. The van der Waals surface area contributed by atoms with Crippen molar-refractivity contribution < 1.29 is 8.42 Å². The van der Waals surface area contributed by atoms with Crippen molar-refractivity contribution >= 4 is 25.8 Å². The minimum atomic E-state index is -3.38. The lowest BCUT2D eigenvalue weighted by molar-refractivity contribution is 0.601. The fourth-order valence-electron chi connectivity index (χ4n) is 0.703. The highest BCUT2D eigenvalue weighted by atomic mass is 79.9. The molecule has 5 heteroatoms. The maximum absolute atomic E-state index is 11.1. The number of rotatable bonds is 2. The molecule has 0 bridgehead atoms. The van der Waals surface area contributed by atoms with Crippen LogP contribution in [0.25, 0.3) is 0 Å². The van der Waals surface area contributed by atoms with Crippen LogP contribution in [0.15, 0.2) is 33.6 Å². The topological polar surface area (TPSA) is 60.2 Å². The molecule has 1 rings (SSSR count). The molecule has 0 amide bonds. The van der Waals surface area contributed by atoms with E-state index in [0.29, 0.717) is 5.88 Å². The molecular formula is C7H7BrNO2S. The number of hydrogen-bond acceptors (Lipinski definition) is 3. The lowest BCUT2D eigenvalue weighted by Crippen LogP contribution is -2.07. The molecule has 0 aromatic heterocycles. The average molecular weight is 249 g/mol. The van der Waals surface area contributed by atoms with Gasteiger partial charge in [-0.25, -0.2) is 8.42 Å². The summed E-state index contributed by atoms with van der Waals surface area (Å²) >= 11 is 3.20. The molecule has 1 aromatic rings. The molecule has 3 nitrogen and oxygen atoms in total. The summed E-state index contributed by atoms with van der Waals surface area (Å²) in [5.74, 6) is 0.691. The molecule has 65 valence electrons. The van der Waals surface area contributed by atoms with Crippen molar-refractivity contribution in [2.24, 2.45) is 5.73 Å². The van der Waals surface area contributed by atoms with Gasteiger partial charge >= 0.3 is 0 Å². The highest BCUT2D eigenvalue weighted by Gasteiger charge is 2.10. The second-order valence-corrected chi connectivity index (χ2v) is 4.88. The Bertz CT molecular complexity index is 357. The van der Waals surface area contributed by atoms with E-state index in [0.717, 1.165) is 4.47 Å². The zero-order chi connectivity index (χ0) is 9.19. The maximum Gasteiger partial charge on any atom is 0.196 e. The summed E-state index contributed by atoms with van der Waals surface area (Å²) in [4.78, 5) is 0.202. The summed E-state index contributed by atoms with van der Waals surface area (Å²) in [7, 11) is -3.38. The normalized spacial score (nSPS) is 11.5. The van der Waals surface area contributed by atoms with Gasteiger partial charge in [-0.2, -0.15) is 0 Å². The Kier molecular flexibility index (Phi) is 2.87. The molecule has 12 heavy (non-hydrogen) atoms. The molecule has 0 saturated carbocycles. The van der Waals surface area contributed by atoms with Gasteiger partial charge in [0, 0.05) is 4.47 Å². The third kappa shape index (κ3) is 2.06. The highest BCUT2D eigenvalue weighted by Crippen LogP contribution is 2.15. The van der Waals surface area contributed by atoms with Gasteiger partial charge in [0.15, 0.2) is 9.84 Å². The van der Waals surface area contributed by atoms with Crippen LogP contribution < -0.4 is 5.73 Å². The van der Waals surface area contributed by atoms with Gasteiger partial charge in [-0.3, -0.25) is 0 Å².